The Hall–Kier alpha value is -2.88. The molecule has 1 N–H and O–H groups in total. The van der Waals surface area contributed by atoms with Crippen LogP contribution in [-0.2, 0) is 4.57 Å². The van der Waals surface area contributed by atoms with Gasteiger partial charge in [0.25, 0.3) is 0 Å². The van der Waals surface area contributed by atoms with E-state index in [1.165, 1.54) is 6.07 Å². The molecule has 1 unspecified atom stereocenters. The van der Waals surface area contributed by atoms with Gasteiger partial charge in [-0.3, -0.25) is 9.36 Å². The summed E-state index contributed by atoms with van der Waals surface area (Å²) in [6.45, 7) is 5.03. The third kappa shape index (κ3) is 3.59. The van der Waals surface area contributed by atoms with Crippen molar-refractivity contribution < 1.29 is 9.09 Å². The van der Waals surface area contributed by atoms with Crippen molar-refractivity contribution in [1.82, 2.24) is 9.65 Å². The minimum Gasteiger partial charge on any atom is -0.429 e. The van der Waals surface area contributed by atoms with Crippen molar-refractivity contribution >= 4 is 23.7 Å². The average Bonchev–Trinajstić information content (AvgIpc) is 2.74. The van der Waals surface area contributed by atoms with Crippen LogP contribution in [-0.4, -0.2) is 22.7 Å². The van der Waals surface area contributed by atoms with Crippen molar-refractivity contribution in [3.05, 3.63) is 83.0 Å². The molecule has 1 aliphatic heterocycles. The zero-order chi connectivity index (χ0) is 20.4. The van der Waals surface area contributed by atoms with Gasteiger partial charge < -0.3 is 9.51 Å². The summed E-state index contributed by atoms with van der Waals surface area (Å²) in [5.41, 5.74) is 1.99. The van der Waals surface area contributed by atoms with E-state index in [1.54, 1.807) is 22.9 Å². The summed E-state index contributed by atoms with van der Waals surface area (Å²) >= 11 is 0. The molecule has 1 atom stereocenters. The van der Waals surface area contributed by atoms with E-state index in [0.29, 0.717) is 35.4 Å². The van der Waals surface area contributed by atoms with Crippen LogP contribution in [0, 0.1) is 0 Å². The summed E-state index contributed by atoms with van der Waals surface area (Å²) in [5, 5.41) is 1.57. The summed E-state index contributed by atoms with van der Waals surface area (Å²) in [6.07, 6.45) is 0. The van der Waals surface area contributed by atoms with Gasteiger partial charge in [-0.15, -0.1) is 0 Å². The molecule has 0 spiro atoms. The quantitative estimate of drug-likeness (QED) is 0.366. The van der Waals surface area contributed by atoms with Gasteiger partial charge in [0.1, 0.15) is 5.75 Å². The van der Waals surface area contributed by atoms with Gasteiger partial charge in [0.05, 0.1) is 11.0 Å². The van der Waals surface area contributed by atoms with Crippen LogP contribution < -0.4 is 15.3 Å². The molecule has 148 valence electrons. The summed E-state index contributed by atoms with van der Waals surface area (Å²) in [5.74, 6) is 0.299. The molecule has 0 saturated heterocycles. The molecule has 0 bridgehead atoms. The Bertz CT molecular complexity index is 1220. The summed E-state index contributed by atoms with van der Waals surface area (Å²) < 4.78 is 21.9. The van der Waals surface area contributed by atoms with Crippen LogP contribution in [0.2, 0.25) is 0 Å². The molecule has 0 radical (unpaired) electrons. The lowest BCUT2D eigenvalue weighted by molar-refractivity contribution is 0.381. The van der Waals surface area contributed by atoms with Gasteiger partial charge in [-0.05, 0) is 29.7 Å². The SMILES string of the molecule is CCN(CC)P(=O)(Oc1cc2[nH]c3ccccc3cc-2c(=O)c1)c1ccccc1. The van der Waals surface area contributed by atoms with Crippen molar-refractivity contribution in [3.8, 4) is 17.0 Å². The number of nitrogens with one attached hydrogen (secondary N) is 1. The fourth-order valence-corrected chi connectivity index (χ4v) is 5.80. The predicted molar refractivity (Wildman–Crippen MR) is 118 cm³/mol. The first-order valence-electron chi connectivity index (χ1n) is 9.71. The van der Waals surface area contributed by atoms with Crippen LogP contribution in [0.25, 0.3) is 22.2 Å². The lowest BCUT2D eigenvalue weighted by Gasteiger charge is -2.30. The highest BCUT2D eigenvalue weighted by molar-refractivity contribution is 7.65. The minimum absolute atomic E-state index is 0.168. The minimum atomic E-state index is -3.37. The zero-order valence-electron chi connectivity index (χ0n) is 16.5. The Morgan fingerprint density at radius 1 is 0.931 bits per heavy atom. The third-order valence-electron chi connectivity index (χ3n) is 5.06. The number of benzene rings is 3. The van der Waals surface area contributed by atoms with Crippen LogP contribution in [0.15, 0.2) is 77.6 Å². The molecular formula is C23H23N2O3P. The number of fused-ring (bicyclic) bond motifs is 2. The van der Waals surface area contributed by atoms with Gasteiger partial charge in [-0.1, -0.05) is 50.2 Å². The number of aromatic nitrogens is 1. The molecule has 0 saturated carbocycles. The monoisotopic (exact) mass is 406 g/mol. The number of rotatable bonds is 6. The van der Waals surface area contributed by atoms with E-state index in [9.17, 15) is 9.36 Å². The van der Waals surface area contributed by atoms with E-state index >= 15 is 0 Å². The predicted octanol–water partition coefficient (Wildman–Crippen LogP) is 4.87. The summed E-state index contributed by atoms with van der Waals surface area (Å²) in [6, 6.07) is 22.0. The molecule has 4 rings (SSSR count). The number of hydrogen-bond acceptors (Lipinski definition) is 3. The van der Waals surface area contributed by atoms with Gasteiger partial charge in [0, 0.05) is 36.3 Å². The molecule has 0 amide bonds. The normalized spacial score (nSPS) is 13.6. The molecule has 2 aliphatic rings. The Morgan fingerprint density at radius 3 is 2.34 bits per heavy atom. The Labute approximate surface area is 169 Å². The van der Waals surface area contributed by atoms with Crippen molar-refractivity contribution in [1.29, 1.82) is 0 Å². The van der Waals surface area contributed by atoms with Gasteiger partial charge in [0.15, 0.2) is 5.43 Å². The summed E-state index contributed by atoms with van der Waals surface area (Å²) in [7, 11) is -3.37. The first kappa shape index (κ1) is 19.4. The number of pyridine rings is 1. The fourth-order valence-electron chi connectivity index (χ4n) is 3.57. The average molecular weight is 406 g/mol. The van der Waals surface area contributed by atoms with Crippen molar-refractivity contribution in [3.63, 3.8) is 0 Å². The van der Waals surface area contributed by atoms with Gasteiger partial charge in [0.2, 0.25) is 0 Å². The number of H-pyrrole nitrogens is 1. The van der Waals surface area contributed by atoms with E-state index in [-0.39, 0.29) is 5.43 Å². The summed E-state index contributed by atoms with van der Waals surface area (Å²) in [4.78, 5) is 16.1. The highest BCUT2D eigenvalue weighted by Gasteiger charge is 2.34. The van der Waals surface area contributed by atoms with Crippen molar-refractivity contribution in [2.75, 3.05) is 13.1 Å². The standard InChI is InChI=1S/C23H23N2O3P/c1-3-25(4-2)29(27,19-11-6-5-7-12-19)28-18-15-22-20(23(26)16-18)14-17-10-8-9-13-21(17)24-22/h5-16,24H,3-4H2,1-2H3. The molecule has 5 nitrogen and oxygen atoms in total. The van der Waals surface area contributed by atoms with Crippen LogP contribution in [0.1, 0.15) is 13.8 Å². The Balaban J connectivity index is 1.84. The van der Waals surface area contributed by atoms with Crippen LogP contribution >= 0.6 is 7.52 Å². The lowest BCUT2D eigenvalue weighted by Crippen LogP contribution is -2.29. The maximum Gasteiger partial charge on any atom is 0.349 e. The second-order valence-corrected chi connectivity index (χ2v) is 9.13. The van der Waals surface area contributed by atoms with E-state index in [4.69, 9.17) is 4.52 Å². The number of hydrogen-bond donors (Lipinski definition) is 1. The van der Waals surface area contributed by atoms with Crippen LogP contribution in [0.3, 0.4) is 0 Å². The van der Waals surface area contributed by atoms with E-state index in [2.05, 4.69) is 4.98 Å². The molecule has 6 heteroatoms. The molecule has 1 aliphatic carbocycles. The van der Waals surface area contributed by atoms with Crippen molar-refractivity contribution in [2.24, 2.45) is 0 Å². The van der Waals surface area contributed by atoms with Crippen molar-refractivity contribution in [2.45, 2.75) is 13.8 Å². The smallest absolute Gasteiger partial charge is 0.349 e. The Morgan fingerprint density at radius 2 is 1.62 bits per heavy atom. The van der Waals surface area contributed by atoms with Crippen LogP contribution in [0.4, 0.5) is 0 Å². The van der Waals surface area contributed by atoms with E-state index in [0.717, 1.165) is 10.9 Å². The highest BCUT2D eigenvalue weighted by atomic mass is 31.2. The first-order valence-corrected chi connectivity index (χ1v) is 11.3. The number of aromatic amines is 1. The molecular weight excluding hydrogens is 383 g/mol. The number of nitrogens with zero attached hydrogens (tertiary/aromatic N) is 1. The molecule has 1 heterocycles. The van der Waals surface area contributed by atoms with Gasteiger partial charge >= 0.3 is 7.52 Å². The van der Waals surface area contributed by atoms with Crippen LogP contribution in [0.5, 0.6) is 5.75 Å². The maximum absolute atomic E-state index is 14.0. The topological polar surface area (TPSA) is 62.4 Å². The fraction of sp³-hybridized carbons (Fsp3) is 0.174. The van der Waals surface area contributed by atoms with E-state index in [1.807, 2.05) is 62.4 Å². The largest absolute Gasteiger partial charge is 0.429 e. The first-order chi connectivity index (χ1) is 14.0. The number of para-hydroxylation sites is 1. The molecule has 0 fully saturated rings. The maximum atomic E-state index is 14.0. The second kappa shape index (κ2) is 7.86. The second-order valence-electron chi connectivity index (χ2n) is 6.83. The van der Waals surface area contributed by atoms with E-state index < -0.39 is 7.52 Å². The molecule has 2 aromatic rings. The molecule has 29 heavy (non-hydrogen) atoms. The molecule has 0 aromatic heterocycles. The lowest BCUT2D eigenvalue weighted by atomic mass is 10.1. The Kier molecular flexibility index (Phi) is 5.27. The van der Waals surface area contributed by atoms with Gasteiger partial charge in [-0.2, -0.15) is 0 Å². The third-order valence-corrected chi connectivity index (χ3v) is 7.78. The zero-order valence-corrected chi connectivity index (χ0v) is 17.4. The van der Waals surface area contributed by atoms with Gasteiger partial charge in [-0.25, -0.2) is 4.67 Å². The molecule has 2 aromatic carbocycles. The highest BCUT2D eigenvalue weighted by Crippen LogP contribution is 2.49.